The van der Waals surface area contributed by atoms with Crippen molar-refractivity contribution >= 4 is 16.5 Å². The van der Waals surface area contributed by atoms with Crippen molar-refractivity contribution in [2.75, 3.05) is 31.1 Å². The number of aromatic nitrogens is 1. The van der Waals surface area contributed by atoms with Gasteiger partial charge in [0.05, 0.1) is 24.4 Å². The molecule has 1 fully saturated rings. The number of aliphatic hydroxyl groups is 2. The van der Waals surface area contributed by atoms with Crippen molar-refractivity contribution in [1.29, 1.82) is 0 Å². The molecule has 2 aromatic rings. The van der Waals surface area contributed by atoms with Crippen LogP contribution >= 0.6 is 11.3 Å². The van der Waals surface area contributed by atoms with Crippen LogP contribution in [0, 0.1) is 0 Å². The smallest absolute Gasteiger partial charge is 0.185 e. The maximum absolute atomic E-state index is 9.93. The Morgan fingerprint density at radius 3 is 2.84 bits per heavy atom. The third kappa shape index (κ3) is 5.12. The topological polar surface area (TPSA) is 94.6 Å². The Kier molecular flexibility index (Phi) is 6.98. The molecule has 0 amide bonds. The van der Waals surface area contributed by atoms with Crippen LogP contribution < -0.4 is 16.0 Å². The molecule has 6 nitrogen and oxygen atoms in total. The number of anilines is 1. The number of hydrogen-bond donors (Lipinski definition) is 4. The normalized spacial score (nSPS) is 21.0. The summed E-state index contributed by atoms with van der Waals surface area (Å²) < 4.78 is 0. The van der Waals surface area contributed by atoms with E-state index in [2.05, 4.69) is 47.6 Å². The van der Waals surface area contributed by atoms with Crippen LogP contribution in [0.3, 0.4) is 0 Å². The van der Waals surface area contributed by atoms with E-state index in [0.717, 1.165) is 36.8 Å². The first-order chi connectivity index (χ1) is 14.9. The van der Waals surface area contributed by atoms with Crippen LogP contribution in [0.25, 0.3) is 11.3 Å². The lowest BCUT2D eigenvalue weighted by atomic mass is 9.72. The number of thiazole rings is 1. The summed E-state index contributed by atoms with van der Waals surface area (Å²) in [4.78, 5) is 7.33. The minimum Gasteiger partial charge on any atom is -0.395 e. The summed E-state index contributed by atoms with van der Waals surface area (Å²) in [5.41, 5.74) is 11.2. The summed E-state index contributed by atoms with van der Waals surface area (Å²) in [6.07, 6.45) is 4.98. The Hall–Kier alpha value is -1.51. The minimum absolute atomic E-state index is 0.199. The highest BCUT2D eigenvalue weighted by atomic mass is 32.1. The molecule has 5 N–H and O–H groups in total. The predicted octanol–water partition coefficient (Wildman–Crippen LogP) is 2.66. The number of rotatable bonds is 7. The first-order valence-electron chi connectivity index (χ1n) is 11.5. The van der Waals surface area contributed by atoms with E-state index in [0.29, 0.717) is 12.6 Å². The van der Waals surface area contributed by atoms with Crippen LogP contribution in [-0.4, -0.2) is 59.6 Å². The second-order valence-corrected chi connectivity index (χ2v) is 10.5. The SMILES string of the molecule is CC1(C)CCCc2cc(-c3csc(N4CCC(NC[C@H](O)[C@@H](N)CO)CC4)n3)ccc21. The number of piperidine rings is 1. The maximum Gasteiger partial charge on any atom is 0.185 e. The largest absolute Gasteiger partial charge is 0.395 e. The number of aliphatic hydroxyl groups excluding tert-OH is 2. The summed E-state index contributed by atoms with van der Waals surface area (Å²) >= 11 is 1.72. The quantitative estimate of drug-likeness (QED) is 0.525. The number of fused-ring (bicyclic) bond motifs is 1. The Labute approximate surface area is 189 Å². The highest BCUT2D eigenvalue weighted by Crippen LogP contribution is 2.39. The molecule has 7 heteroatoms. The number of nitrogens with one attached hydrogen (secondary N) is 1. The van der Waals surface area contributed by atoms with E-state index in [9.17, 15) is 5.11 Å². The fourth-order valence-electron chi connectivity index (χ4n) is 4.85. The van der Waals surface area contributed by atoms with Gasteiger partial charge in [0.1, 0.15) is 0 Å². The summed E-state index contributed by atoms with van der Waals surface area (Å²) in [6, 6.07) is 6.69. The summed E-state index contributed by atoms with van der Waals surface area (Å²) in [5, 5.41) is 25.6. The second kappa shape index (κ2) is 9.55. The third-order valence-electron chi connectivity index (χ3n) is 6.96. The Morgan fingerprint density at radius 1 is 1.32 bits per heavy atom. The lowest BCUT2D eigenvalue weighted by Gasteiger charge is -2.33. The highest BCUT2D eigenvalue weighted by molar-refractivity contribution is 7.14. The monoisotopic (exact) mass is 444 g/mol. The van der Waals surface area contributed by atoms with Gasteiger partial charge in [0, 0.05) is 36.6 Å². The lowest BCUT2D eigenvalue weighted by Crippen LogP contribution is -2.49. The summed E-state index contributed by atoms with van der Waals surface area (Å²) in [7, 11) is 0. The number of nitrogens with two attached hydrogens (primary N) is 1. The Bertz CT molecular complexity index is 876. The van der Waals surface area contributed by atoms with Crippen molar-refractivity contribution in [3.05, 3.63) is 34.7 Å². The molecule has 1 aliphatic heterocycles. The van der Waals surface area contributed by atoms with Crippen molar-refractivity contribution in [2.24, 2.45) is 5.73 Å². The van der Waals surface area contributed by atoms with Gasteiger partial charge in [0.25, 0.3) is 0 Å². The number of aryl methyl sites for hydroxylation is 1. The van der Waals surface area contributed by atoms with E-state index in [1.165, 1.54) is 36.0 Å². The average molecular weight is 445 g/mol. The molecule has 1 aliphatic carbocycles. The lowest BCUT2D eigenvalue weighted by molar-refractivity contribution is 0.104. The molecule has 2 atom stereocenters. The molecule has 31 heavy (non-hydrogen) atoms. The third-order valence-corrected chi connectivity index (χ3v) is 7.86. The van der Waals surface area contributed by atoms with Crippen LogP contribution in [0.4, 0.5) is 5.13 Å². The average Bonchev–Trinajstić information content (AvgIpc) is 3.27. The van der Waals surface area contributed by atoms with E-state index in [4.69, 9.17) is 15.8 Å². The predicted molar refractivity (Wildman–Crippen MR) is 128 cm³/mol. The van der Waals surface area contributed by atoms with Crippen molar-refractivity contribution in [3.8, 4) is 11.3 Å². The van der Waals surface area contributed by atoms with E-state index in [1.807, 2.05) is 0 Å². The van der Waals surface area contributed by atoms with Gasteiger partial charge in [0.15, 0.2) is 5.13 Å². The van der Waals surface area contributed by atoms with Crippen LogP contribution in [0.15, 0.2) is 23.6 Å². The molecular formula is C24H36N4O2S. The number of benzene rings is 1. The molecule has 4 rings (SSSR count). The zero-order valence-corrected chi connectivity index (χ0v) is 19.5. The minimum atomic E-state index is -0.716. The fraction of sp³-hybridized carbons (Fsp3) is 0.625. The van der Waals surface area contributed by atoms with E-state index in [-0.39, 0.29) is 12.0 Å². The first-order valence-corrected chi connectivity index (χ1v) is 12.4. The fourth-order valence-corrected chi connectivity index (χ4v) is 5.74. The van der Waals surface area contributed by atoms with Gasteiger partial charge >= 0.3 is 0 Å². The molecule has 1 saturated heterocycles. The maximum atomic E-state index is 9.93. The van der Waals surface area contributed by atoms with Gasteiger partial charge in [0.2, 0.25) is 0 Å². The zero-order chi connectivity index (χ0) is 22.0. The van der Waals surface area contributed by atoms with Gasteiger partial charge in [-0.15, -0.1) is 11.3 Å². The van der Waals surface area contributed by atoms with Crippen LogP contribution in [0.2, 0.25) is 0 Å². The van der Waals surface area contributed by atoms with Gasteiger partial charge in [-0.1, -0.05) is 26.0 Å². The van der Waals surface area contributed by atoms with Gasteiger partial charge in [-0.2, -0.15) is 0 Å². The van der Waals surface area contributed by atoms with Crippen LogP contribution in [0.5, 0.6) is 0 Å². The highest BCUT2D eigenvalue weighted by Gasteiger charge is 2.28. The molecule has 0 radical (unpaired) electrons. The van der Waals surface area contributed by atoms with Gasteiger partial charge in [-0.05, 0) is 54.7 Å². The Morgan fingerprint density at radius 2 is 2.10 bits per heavy atom. The number of nitrogens with zero attached hydrogens (tertiary/aromatic N) is 2. The molecule has 2 aliphatic rings. The van der Waals surface area contributed by atoms with E-state index < -0.39 is 12.1 Å². The van der Waals surface area contributed by atoms with Crippen molar-refractivity contribution in [3.63, 3.8) is 0 Å². The standard InChI is InChI=1S/C24H36N4O2S/c1-24(2)9-3-4-16-12-17(5-6-19(16)24)21-15-31-23(27-21)28-10-7-18(8-11-28)26-13-22(30)20(25)14-29/h5-6,12,15,18,20,22,26,29-30H,3-4,7-11,13-14,25H2,1-2H3/t20-,22-/m0/s1. The van der Waals surface area contributed by atoms with Crippen LogP contribution in [-0.2, 0) is 11.8 Å². The first kappa shape index (κ1) is 22.7. The van der Waals surface area contributed by atoms with E-state index >= 15 is 0 Å². The number of hydrogen-bond acceptors (Lipinski definition) is 7. The molecule has 0 unspecified atom stereocenters. The van der Waals surface area contributed by atoms with E-state index in [1.54, 1.807) is 11.3 Å². The molecule has 2 heterocycles. The second-order valence-electron chi connectivity index (χ2n) is 9.71. The molecular weight excluding hydrogens is 408 g/mol. The molecule has 0 spiro atoms. The summed E-state index contributed by atoms with van der Waals surface area (Å²) in [6.45, 7) is 6.83. The van der Waals surface area contributed by atoms with Crippen molar-refractivity contribution in [2.45, 2.75) is 69.6 Å². The van der Waals surface area contributed by atoms with Gasteiger partial charge < -0.3 is 26.2 Å². The van der Waals surface area contributed by atoms with Crippen molar-refractivity contribution in [1.82, 2.24) is 10.3 Å². The molecule has 1 aromatic heterocycles. The Balaban J connectivity index is 1.35. The van der Waals surface area contributed by atoms with Gasteiger partial charge in [-0.3, -0.25) is 0 Å². The van der Waals surface area contributed by atoms with Crippen molar-refractivity contribution < 1.29 is 10.2 Å². The van der Waals surface area contributed by atoms with Gasteiger partial charge in [-0.25, -0.2) is 4.98 Å². The molecule has 1 aromatic carbocycles. The molecule has 0 saturated carbocycles. The molecule has 170 valence electrons. The molecule has 0 bridgehead atoms. The zero-order valence-electron chi connectivity index (χ0n) is 18.7. The van der Waals surface area contributed by atoms with Crippen LogP contribution in [0.1, 0.15) is 50.7 Å². The summed E-state index contributed by atoms with van der Waals surface area (Å²) in [5.74, 6) is 0.